The second-order valence-corrected chi connectivity index (χ2v) is 8.93. The Morgan fingerprint density at radius 3 is 2.34 bits per heavy atom. The molecule has 2 aliphatic heterocycles. The van der Waals surface area contributed by atoms with Crippen LogP contribution in [0.25, 0.3) is 0 Å². The molecule has 9 heteroatoms. The predicted molar refractivity (Wildman–Crippen MR) is 128 cm³/mol. The van der Waals surface area contributed by atoms with Gasteiger partial charge in [0.2, 0.25) is 0 Å². The van der Waals surface area contributed by atoms with Gasteiger partial charge in [-0.05, 0) is 48.7 Å². The van der Waals surface area contributed by atoms with Crippen molar-refractivity contribution in [2.45, 2.75) is 31.5 Å². The highest BCUT2D eigenvalue weighted by molar-refractivity contribution is 6.07. The zero-order chi connectivity index (χ0) is 25.0. The number of halogens is 1. The molecular formula is C26H32FN3O5. The topological polar surface area (TPSA) is 71.6 Å². The van der Waals surface area contributed by atoms with Crippen LogP contribution in [0.5, 0.6) is 11.5 Å². The monoisotopic (exact) mass is 485 g/mol. The van der Waals surface area contributed by atoms with E-state index in [1.54, 1.807) is 38.4 Å². The molecule has 0 unspecified atom stereocenters. The van der Waals surface area contributed by atoms with Gasteiger partial charge in [-0.1, -0.05) is 12.1 Å². The first-order chi connectivity index (χ1) is 16.9. The molecule has 0 saturated carbocycles. The fourth-order valence-electron chi connectivity index (χ4n) is 4.97. The normalized spacial score (nSPS) is 17.9. The summed E-state index contributed by atoms with van der Waals surface area (Å²) in [5.41, 5.74) is 0.448. The maximum Gasteiger partial charge on any atom is 0.328 e. The number of benzene rings is 2. The molecule has 2 aromatic carbocycles. The van der Waals surface area contributed by atoms with Gasteiger partial charge in [-0.2, -0.15) is 0 Å². The van der Waals surface area contributed by atoms with E-state index in [0.29, 0.717) is 62.7 Å². The van der Waals surface area contributed by atoms with E-state index in [2.05, 4.69) is 4.90 Å². The summed E-state index contributed by atoms with van der Waals surface area (Å²) in [6.07, 6.45) is 0.947. The molecule has 0 radical (unpaired) electrons. The Morgan fingerprint density at radius 2 is 1.66 bits per heavy atom. The van der Waals surface area contributed by atoms with Crippen molar-refractivity contribution < 1.29 is 28.2 Å². The van der Waals surface area contributed by atoms with Crippen molar-refractivity contribution in [1.29, 1.82) is 0 Å². The fraction of sp³-hybridized carbons (Fsp3) is 0.462. The Morgan fingerprint density at radius 1 is 0.943 bits per heavy atom. The second kappa shape index (κ2) is 10.6. The van der Waals surface area contributed by atoms with E-state index < -0.39 is 5.54 Å². The number of nitrogens with zero attached hydrogens (tertiary/aromatic N) is 3. The lowest BCUT2D eigenvalue weighted by Crippen LogP contribution is -2.57. The van der Waals surface area contributed by atoms with Crippen molar-refractivity contribution in [3.8, 4) is 11.5 Å². The van der Waals surface area contributed by atoms with Gasteiger partial charge < -0.3 is 19.1 Å². The Bertz CT molecular complexity index is 1070. The number of hydrogen-bond acceptors (Lipinski definition) is 6. The van der Waals surface area contributed by atoms with Crippen molar-refractivity contribution in [1.82, 2.24) is 14.7 Å². The number of ether oxygens (including phenoxy) is 3. The van der Waals surface area contributed by atoms with Crippen LogP contribution in [-0.4, -0.2) is 79.7 Å². The van der Waals surface area contributed by atoms with Crippen LogP contribution in [0.1, 0.15) is 24.0 Å². The van der Waals surface area contributed by atoms with Crippen LogP contribution in [0.3, 0.4) is 0 Å². The number of likely N-dealkylation sites (tertiary alicyclic amines) is 1. The van der Waals surface area contributed by atoms with Crippen molar-refractivity contribution in [2.24, 2.45) is 0 Å². The molecule has 2 aliphatic rings. The SMILES string of the molecule is COCCN1C(=O)N(Cc2cccc(OC)c2)C(=O)C12CCN(Cc1cc(OC)ccc1F)CC2. The highest BCUT2D eigenvalue weighted by Gasteiger charge is 2.57. The molecule has 0 aromatic heterocycles. The Labute approximate surface area is 205 Å². The second-order valence-electron chi connectivity index (χ2n) is 8.93. The maximum absolute atomic E-state index is 14.4. The predicted octanol–water partition coefficient (Wildman–Crippen LogP) is 3.29. The van der Waals surface area contributed by atoms with Gasteiger partial charge in [-0.3, -0.25) is 14.6 Å². The van der Waals surface area contributed by atoms with Crippen LogP contribution in [0.2, 0.25) is 0 Å². The number of hydrogen-bond donors (Lipinski definition) is 0. The van der Waals surface area contributed by atoms with Crippen LogP contribution in [0.15, 0.2) is 42.5 Å². The van der Waals surface area contributed by atoms with E-state index in [-0.39, 0.29) is 24.3 Å². The molecule has 2 aromatic rings. The summed E-state index contributed by atoms with van der Waals surface area (Å²) in [5, 5.41) is 0. The minimum absolute atomic E-state index is 0.179. The summed E-state index contributed by atoms with van der Waals surface area (Å²) in [5.74, 6) is 0.800. The number of urea groups is 1. The lowest BCUT2D eigenvalue weighted by molar-refractivity contribution is -0.136. The molecule has 4 rings (SSSR count). The number of piperidine rings is 1. The van der Waals surface area contributed by atoms with Crippen LogP contribution < -0.4 is 9.47 Å². The minimum Gasteiger partial charge on any atom is -0.497 e. The minimum atomic E-state index is -0.919. The summed E-state index contributed by atoms with van der Waals surface area (Å²) >= 11 is 0. The van der Waals surface area contributed by atoms with E-state index >= 15 is 0 Å². The molecular weight excluding hydrogens is 453 g/mol. The molecule has 0 bridgehead atoms. The molecule has 8 nitrogen and oxygen atoms in total. The lowest BCUT2D eigenvalue weighted by atomic mass is 9.85. The first kappa shape index (κ1) is 24.9. The standard InChI is InChI=1S/C26H32FN3O5/c1-33-14-13-30-25(32)29(17-19-5-4-6-21(15-19)34-2)24(31)26(30)9-11-28(12-10-26)18-20-16-22(35-3)7-8-23(20)27/h4-8,15-16H,9-14,17-18H2,1-3H3. The summed E-state index contributed by atoms with van der Waals surface area (Å²) in [4.78, 5) is 32.2. The molecule has 0 atom stereocenters. The highest BCUT2D eigenvalue weighted by Crippen LogP contribution is 2.38. The third-order valence-corrected chi connectivity index (χ3v) is 6.95. The molecule has 3 amide bonds. The number of imide groups is 1. The third-order valence-electron chi connectivity index (χ3n) is 6.95. The molecule has 2 fully saturated rings. The largest absolute Gasteiger partial charge is 0.497 e. The van der Waals surface area contributed by atoms with Gasteiger partial charge in [0.1, 0.15) is 22.9 Å². The quantitative estimate of drug-likeness (QED) is 0.508. The number of methoxy groups -OCH3 is 3. The fourth-order valence-corrected chi connectivity index (χ4v) is 4.97. The van der Waals surface area contributed by atoms with E-state index in [1.165, 1.54) is 11.0 Å². The van der Waals surface area contributed by atoms with Crippen LogP contribution >= 0.6 is 0 Å². The van der Waals surface area contributed by atoms with Crippen molar-refractivity contribution >= 4 is 11.9 Å². The van der Waals surface area contributed by atoms with Crippen molar-refractivity contribution in [3.63, 3.8) is 0 Å². The van der Waals surface area contributed by atoms with Crippen LogP contribution in [-0.2, 0) is 22.6 Å². The molecule has 0 aliphatic carbocycles. The summed E-state index contributed by atoms with van der Waals surface area (Å²) in [6.45, 7) is 2.39. The van der Waals surface area contributed by atoms with Gasteiger partial charge in [-0.25, -0.2) is 9.18 Å². The van der Waals surface area contributed by atoms with Gasteiger partial charge >= 0.3 is 6.03 Å². The number of rotatable bonds is 9. The number of amides is 3. The molecule has 0 N–H and O–H groups in total. The van der Waals surface area contributed by atoms with Gasteiger partial charge in [0.25, 0.3) is 5.91 Å². The molecule has 2 heterocycles. The molecule has 188 valence electrons. The lowest BCUT2D eigenvalue weighted by Gasteiger charge is -2.42. The van der Waals surface area contributed by atoms with E-state index in [9.17, 15) is 14.0 Å². The van der Waals surface area contributed by atoms with Gasteiger partial charge in [0.05, 0.1) is 27.4 Å². The zero-order valence-electron chi connectivity index (χ0n) is 20.5. The van der Waals surface area contributed by atoms with Gasteiger partial charge in [0.15, 0.2) is 0 Å². The first-order valence-corrected chi connectivity index (χ1v) is 11.7. The van der Waals surface area contributed by atoms with E-state index in [1.807, 2.05) is 24.3 Å². The van der Waals surface area contributed by atoms with Crippen molar-refractivity contribution in [3.05, 3.63) is 59.4 Å². The van der Waals surface area contributed by atoms with Crippen LogP contribution in [0.4, 0.5) is 9.18 Å². The van der Waals surface area contributed by atoms with Gasteiger partial charge in [-0.15, -0.1) is 0 Å². The highest BCUT2D eigenvalue weighted by atomic mass is 19.1. The number of carbonyl (C=O) groups excluding carboxylic acids is 2. The van der Waals surface area contributed by atoms with E-state index in [0.717, 1.165) is 5.56 Å². The Balaban J connectivity index is 1.51. The van der Waals surface area contributed by atoms with Gasteiger partial charge in [0, 0.05) is 38.9 Å². The van der Waals surface area contributed by atoms with Crippen LogP contribution in [0, 0.1) is 5.82 Å². The average Bonchev–Trinajstić information content (AvgIpc) is 3.06. The van der Waals surface area contributed by atoms with Crippen molar-refractivity contribution in [2.75, 3.05) is 47.6 Å². The molecule has 2 saturated heterocycles. The summed E-state index contributed by atoms with van der Waals surface area (Å²) < 4.78 is 30.1. The maximum atomic E-state index is 14.4. The summed E-state index contributed by atoms with van der Waals surface area (Å²) in [7, 11) is 4.71. The molecule has 1 spiro atoms. The average molecular weight is 486 g/mol. The smallest absolute Gasteiger partial charge is 0.328 e. The Kier molecular flexibility index (Phi) is 7.57. The molecule has 35 heavy (non-hydrogen) atoms. The third kappa shape index (κ3) is 4.97. The Hall–Kier alpha value is -3.17. The van der Waals surface area contributed by atoms with E-state index in [4.69, 9.17) is 14.2 Å². The zero-order valence-corrected chi connectivity index (χ0v) is 20.5. The number of carbonyl (C=O) groups is 2. The summed E-state index contributed by atoms with van der Waals surface area (Å²) in [6, 6.07) is 11.8. The first-order valence-electron chi connectivity index (χ1n) is 11.7.